The molecule has 0 saturated heterocycles. The van der Waals surface area contributed by atoms with E-state index in [-0.39, 0.29) is 29.7 Å². The van der Waals surface area contributed by atoms with Crippen LogP contribution in [0.3, 0.4) is 0 Å². The monoisotopic (exact) mass is 321 g/mol. The fraction of sp³-hybridized carbons (Fsp3) is 0.333. The van der Waals surface area contributed by atoms with Gasteiger partial charge in [0, 0.05) is 11.6 Å². The van der Waals surface area contributed by atoms with Crippen LogP contribution in [-0.4, -0.2) is 45.0 Å². The minimum atomic E-state index is -0.530. The predicted octanol–water partition coefficient (Wildman–Crippen LogP) is 1.35. The lowest BCUT2D eigenvalue weighted by Gasteiger charge is -2.11. The van der Waals surface area contributed by atoms with Crippen LogP contribution >= 0.6 is 0 Å². The zero-order valence-corrected chi connectivity index (χ0v) is 12.5. The number of benzene rings is 1. The van der Waals surface area contributed by atoms with Crippen LogP contribution in [0.1, 0.15) is 19.4 Å². The van der Waals surface area contributed by atoms with Crippen molar-refractivity contribution in [3.8, 4) is 11.5 Å². The summed E-state index contributed by atoms with van der Waals surface area (Å²) in [7, 11) is 0. The standard InChI is InChI=1S/C12H15N7O4/c1-3-22-10-6-8(7-13-14-12-15-17-18-16-12)5-9(19(20)21)11(10)23-4-2/h5-7H,3-4H2,1-2H3,(H2,14,15,16,17,18)/b13-7+. The molecule has 0 fully saturated rings. The average molecular weight is 321 g/mol. The normalized spacial score (nSPS) is 10.7. The van der Waals surface area contributed by atoms with Crippen molar-refractivity contribution in [2.45, 2.75) is 13.8 Å². The molecule has 0 atom stereocenters. The van der Waals surface area contributed by atoms with Gasteiger partial charge in [-0.1, -0.05) is 5.10 Å². The van der Waals surface area contributed by atoms with Crippen LogP contribution in [0.2, 0.25) is 0 Å². The number of aromatic nitrogens is 4. The van der Waals surface area contributed by atoms with Crippen molar-refractivity contribution in [1.82, 2.24) is 20.6 Å². The molecule has 0 aliphatic heterocycles. The third-order valence-electron chi connectivity index (χ3n) is 2.57. The molecule has 0 amide bonds. The summed E-state index contributed by atoms with van der Waals surface area (Å²) in [6.45, 7) is 4.15. The van der Waals surface area contributed by atoms with Crippen molar-refractivity contribution in [2.24, 2.45) is 5.10 Å². The molecule has 11 nitrogen and oxygen atoms in total. The number of hydrogen-bond donors (Lipinski definition) is 2. The van der Waals surface area contributed by atoms with Gasteiger partial charge in [-0.05, 0) is 25.1 Å². The fourth-order valence-corrected chi connectivity index (χ4v) is 1.74. The van der Waals surface area contributed by atoms with E-state index in [9.17, 15) is 10.1 Å². The Labute approximate surface area is 130 Å². The number of nitrogens with zero attached hydrogens (tertiary/aromatic N) is 5. The second-order valence-electron chi connectivity index (χ2n) is 4.10. The van der Waals surface area contributed by atoms with Gasteiger partial charge in [0.05, 0.1) is 24.4 Å². The smallest absolute Gasteiger partial charge is 0.315 e. The summed E-state index contributed by atoms with van der Waals surface area (Å²) in [5.74, 6) is 0.555. The fourth-order valence-electron chi connectivity index (χ4n) is 1.74. The highest BCUT2D eigenvalue weighted by atomic mass is 16.6. The number of nitrogens with one attached hydrogen (secondary N) is 2. The molecule has 23 heavy (non-hydrogen) atoms. The van der Waals surface area contributed by atoms with Crippen LogP contribution in [0.4, 0.5) is 11.6 Å². The first-order valence-corrected chi connectivity index (χ1v) is 6.76. The van der Waals surface area contributed by atoms with Crippen molar-refractivity contribution in [3.63, 3.8) is 0 Å². The number of ether oxygens (including phenoxy) is 2. The number of aromatic amines is 1. The van der Waals surface area contributed by atoms with Crippen molar-refractivity contribution in [1.29, 1.82) is 0 Å². The number of H-pyrrole nitrogens is 1. The molecule has 2 aromatic rings. The SMILES string of the molecule is CCOc1cc(/C=N/Nc2nn[nH]n2)cc([N+](=O)[O-])c1OCC. The molecule has 2 N–H and O–H groups in total. The first-order valence-electron chi connectivity index (χ1n) is 6.76. The van der Waals surface area contributed by atoms with E-state index in [0.29, 0.717) is 12.2 Å². The number of tetrazole rings is 1. The van der Waals surface area contributed by atoms with E-state index in [4.69, 9.17) is 9.47 Å². The number of nitro benzene ring substituents is 1. The Kier molecular flexibility index (Phi) is 5.39. The van der Waals surface area contributed by atoms with Gasteiger partial charge in [-0.25, -0.2) is 5.43 Å². The third kappa shape index (κ3) is 4.12. The third-order valence-corrected chi connectivity index (χ3v) is 2.57. The van der Waals surface area contributed by atoms with E-state index >= 15 is 0 Å². The molecular weight excluding hydrogens is 306 g/mol. The molecule has 122 valence electrons. The highest BCUT2D eigenvalue weighted by Gasteiger charge is 2.22. The van der Waals surface area contributed by atoms with Gasteiger partial charge in [0.25, 0.3) is 5.95 Å². The maximum atomic E-state index is 11.2. The molecule has 1 aromatic carbocycles. The predicted molar refractivity (Wildman–Crippen MR) is 80.8 cm³/mol. The van der Waals surface area contributed by atoms with Gasteiger partial charge in [0.2, 0.25) is 5.75 Å². The molecule has 1 aromatic heterocycles. The van der Waals surface area contributed by atoms with Crippen LogP contribution in [0, 0.1) is 10.1 Å². The van der Waals surface area contributed by atoms with E-state index in [1.54, 1.807) is 19.9 Å². The van der Waals surface area contributed by atoms with E-state index in [1.165, 1.54) is 12.3 Å². The molecule has 2 rings (SSSR count). The van der Waals surface area contributed by atoms with Crippen LogP contribution in [0.15, 0.2) is 17.2 Å². The summed E-state index contributed by atoms with van der Waals surface area (Å²) in [4.78, 5) is 10.7. The van der Waals surface area contributed by atoms with Gasteiger partial charge in [0.1, 0.15) is 0 Å². The molecule has 0 unspecified atom stereocenters. The maximum absolute atomic E-state index is 11.2. The Balaban J connectivity index is 2.31. The van der Waals surface area contributed by atoms with Crippen molar-refractivity contribution in [2.75, 3.05) is 18.6 Å². The van der Waals surface area contributed by atoms with Crippen LogP contribution < -0.4 is 14.9 Å². The van der Waals surface area contributed by atoms with Crippen molar-refractivity contribution >= 4 is 17.9 Å². The lowest BCUT2D eigenvalue weighted by Crippen LogP contribution is -2.03. The molecule has 0 radical (unpaired) electrons. The Morgan fingerprint density at radius 1 is 1.39 bits per heavy atom. The molecule has 0 aliphatic rings. The van der Waals surface area contributed by atoms with E-state index in [2.05, 4.69) is 31.2 Å². The average Bonchev–Trinajstić information content (AvgIpc) is 3.03. The summed E-state index contributed by atoms with van der Waals surface area (Å²) in [5.41, 5.74) is 2.79. The zero-order valence-electron chi connectivity index (χ0n) is 12.5. The number of nitro groups is 1. The summed E-state index contributed by atoms with van der Waals surface area (Å²) >= 11 is 0. The molecule has 0 spiro atoms. The highest BCUT2D eigenvalue weighted by Crippen LogP contribution is 2.38. The minimum Gasteiger partial charge on any atom is -0.490 e. The number of hydrogen-bond acceptors (Lipinski definition) is 9. The van der Waals surface area contributed by atoms with Gasteiger partial charge in [-0.2, -0.15) is 10.3 Å². The Hall–Kier alpha value is -3.24. The zero-order chi connectivity index (χ0) is 16.7. The van der Waals surface area contributed by atoms with Crippen LogP contribution in [-0.2, 0) is 0 Å². The van der Waals surface area contributed by atoms with E-state index in [0.717, 1.165) is 0 Å². The summed E-state index contributed by atoms with van der Waals surface area (Å²) in [6, 6.07) is 2.94. The first-order chi connectivity index (χ1) is 11.2. The Bertz CT molecular complexity index is 687. The molecule has 0 aliphatic carbocycles. The van der Waals surface area contributed by atoms with Crippen LogP contribution in [0.25, 0.3) is 0 Å². The molecule has 0 bridgehead atoms. The number of anilines is 1. The van der Waals surface area contributed by atoms with Crippen molar-refractivity contribution in [3.05, 3.63) is 27.8 Å². The first kappa shape index (κ1) is 16.1. The second kappa shape index (κ2) is 7.68. The van der Waals surface area contributed by atoms with Gasteiger partial charge in [0.15, 0.2) is 5.75 Å². The van der Waals surface area contributed by atoms with Gasteiger partial charge < -0.3 is 9.47 Å². The summed E-state index contributed by atoms with van der Waals surface area (Å²) in [6.07, 6.45) is 1.38. The van der Waals surface area contributed by atoms with Gasteiger partial charge in [-0.15, -0.1) is 5.10 Å². The number of rotatable bonds is 8. The minimum absolute atomic E-state index is 0.0997. The maximum Gasteiger partial charge on any atom is 0.315 e. The van der Waals surface area contributed by atoms with Gasteiger partial charge in [-0.3, -0.25) is 10.1 Å². The Morgan fingerprint density at radius 3 is 2.78 bits per heavy atom. The summed E-state index contributed by atoms with van der Waals surface area (Å²) < 4.78 is 10.8. The van der Waals surface area contributed by atoms with E-state index < -0.39 is 4.92 Å². The van der Waals surface area contributed by atoms with E-state index in [1.807, 2.05) is 0 Å². The molecule has 0 saturated carbocycles. The Morgan fingerprint density at radius 2 is 2.17 bits per heavy atom. The summed E-state index contributed by atoms with van der Waals surface area (Å²) in [5, 5.41) is 28.0. The molecule has 1 heterocycles. The lowest BCUT2D eigenvalue weighted by atomic mass is 10.2. The molecule has 11 heteroatoms. The topological polar surface area (TPSA) is 140 Å². The molecular formula is C12H15N7O4. The number of hydrazone groups is 1. The highest BCUT2D eigenvalue weighted by molar-refractivity contribution is 5.83. The lowest BCUT2D eigenvalue weighted by molar-refractivity contribution is -0.385. The van der Waals surface area contributed by atoms with Crippen molar-refractivity contribution < 1.29 is 14.4 Å². The van der Waals surface area contributed by atoms with Gasteiger partial charge >= 0.3 is 5.69 Å². The largest absolute Gasteiger partial charge is 0.490 e. The van der Waals surface area contributed by atoms with Crippen LogP contribution in [0.5, 0.6) is 11.5 Å². The second-order valence-corrected chi connectivity index (χ2v) is 4.10. The quantitative estimate of drug-likeness (QED) is 0.421.